The number of allylic oxidation sites excluding steroid dienone is 1. The Balaban J connectivity index is 1.80. The maximum absolute atomic E-state index is 13.0. The van der Waals surface area contributed by atoms with Gasteiger partial charge in [-0.25, -0.2) is 0 Å². The average molecular weight is 380 g/mol. The fourth-order valence-electron chi connectivity index (χ4n) is 3.28. The summed E-state index contributed by atoms with van der Waals surface area (Å²) >= 11 is 0. The summed E-state index contributed by atoms with van der Waals surface area (Å²) in [5.41, 5.74) is 2.28. The zero-order valence-electron chi connectivity index (χ0n) is 16.3. The van der Waals surface area contributed by atoms with E-state index in [1.807, 2.05) is 56.3 Å². The van der Waals surface area contributed by atoms with E-state index in [2.05, 4.69) is 5.32 Å². The van der Waals surface area contributed by atoms with Crippen LogP contribution in [0.1, 0.15) is 25.8 Å². The number of methoxy groups -OCH3 is 1. The number of para-hydroxylation sites is 2. The van der Waals surface area contributed by atoms with Crippen LogP contribution in [0.5, 0.6) is 11.5 Å². The second kappa shape index (κ2) is 8.61. The number of nitrogens with zero attached hydrogens (tertiary/aromatic N) is 1. The highest BCUT2D eigenvalue weighted by Gasteiger charge is 2.29. The van der Waals surface area contributed by atoms with Gasteiger partial charge in [-0.1, -0.05) is 30.4 Å². The van der Waals surface area contributed by atoms with Crippen LogP contribution in [0.2, 0.25) is 0 Å². The molecule has 0 aromatic heterocycles. The molecule has 6 nitrogen and oxygen atoms in total. The van der Waals surface area contributed by atoms with Crippen molar-refractivity contribution in [3.05, 3.63) is 54.1 Å². The number of amides is 2. The molecule has 6 heteroatoms. The Kier molecular flexibility index (Phi) is 5.99. The molecule has 146 valence electrons. The first kappa shape index (κ1) is 19.5. The van der Waals surface area contributed by atoms with Gasteiger partial charge in [-0.15, -0.1) is 0 Å². The first-order valence-corrected chi connectivity index (χ1v) is 9.18. The number of benzene rings is 2. The minimum atomic E-state index is -0.279. The number of nitrogens with one attached hydrogen (secondary N) is 1. The molecule has 2 aromatic carbocycles. The van der Waals surface area contributed by atoms with E-state index in [4.69, 9.17) is 9.47 Å². The summed E-state index contributed by atoms with van der Waals surface area (Å²) in [6.07, 6.45) is 4.12. The lowest BCUT2D eigenvalue weighted by atomic mass is 10.1. The van der Waals surface area contributed by atoms with Crippen molar-refractivity contribution in [2.75, 3.05) is 23.9 Å². The number of carbonyl (C=O) groups is 2. The topological polar surface area (TPSA) is 67.9 Å². The fraction of sp³-hybridized carbons (Fsp3) is 0.273. The molecule has 2 aromatic rings. The molecular formula is C22H24N2O4. The van der Waals surface area contributed by atoms with E-state index in [1.54, 1.807) is 24.1 Å². The van der Waals surface area contributed by atoms with E-state index in [1.165, 1.54) is 0 Å². The molecule has 0 fully saturated rings. The molecule has 0 spiro atoms. The molecule has 0 radical (unpaired) electrons. The SMILES string of the molecule is C/C=C/c1ccc(OCC(=O)N2c3ccccc3NC(=O)CC2C)c(OC)c1. The summed E-state index contributed by atoms with van der Waals surface area (Å²) in [6, 6.07) is 12.5. The van der Waals surface area contributed by atoms with Crippen LogP contribution in [0.25, 0.3) is 6.08 Å². The van der Waals surface area contributed by atoms with Crippen LogP contribution in [-0.4, -0.2) is 31.6 Å². The highest BCUT2D eigenvalue weighted by Crippen LogP contribution is 2.32. The third kappa shape index (κ3) is 4.17. The van der Waals surface area contributed by atoms with Gasteiger partial charge in [0.1, 0.15) is 0 Å². The standard InChI is InChI=1S/C22H24N2O4/c1-4-7-16-10-11-19(20(13-16)27-3)28-14-22(26)24-15(2)12-21(25)23-17-8-5-6-9-18(17)24/h4-11,13,15H,12,14H2,1-3H3,(H,23,25)/b7-4+. The van der Waals surface area contributed by atoms with Crippen LogP contribution in [0, 0.1) is 0 Å². The molecule has 0 bridgehead atoms. The van der Waals surface area contributed by atoms with E-state index in [9.17, 15) is 9.59 Å². The van der Waals surface area contributed by atoms with Crippen molar-refractivity contribution >= 4 is 29.3 Å². The molecule has 1 heterocycles. The van der Waals surface area contributed by atoms with Crippen molar-refractivity contribution in [3.8, 4) is 11.5 Å². The van der Waals surface area contributed by atoms with Gasteiger partial charge in [-0.05, 0) is 43.7 Å². The Bertz CT molecular complexity index is 907. The van der Waals surface area contributed by atoms with Gasteiger partial charge in [0.05, 0.1) is 18.5 Å². The normalized spacial score (nSPS) is 16.3. The molecule has 1 atom stereocenters. The fourth-order valence-corrected chi connectivity index (χ4v) is 3.28. The van der Waals surface area contributed by atoms with Gasteiger partial charge in [0.2, 0.25) is 5.91 Å². The summed E-state index contributed by atoms with van der Waals surface area (Å²) in [5.74, 6) is 0.715. The second-order valence-electron chi connectivity index (χ2n) is 6.58. The predicted molar refractivity (Wildman–Crippen MR) is 110 cm³/mol. The Morgan fingerprint density at radius 3 is 2.79 bits per heavy atom. The van der Waals surface area contributed by atoms with Gasteiger partial charge in [0, 0.05) is 12.5 Å². The molecule has 3 rings (SSSR count). The van der Waals surface area contributed by atoms with Gasteiger partial charge in [0.15, 0.2) is 18.1 Å². The lowest BCUT2D eigenvalue weighted by Crippen LogP contribution is -2.41. The second-order valence-corrected chi connectivity index (χ2v) is 6.58. The summed E-state index contributed by atoms with van der Waals surface area (Å²) in [5, 5.41) is 2.85. The van der Waals surface area contributed by atoms with Crippen LogP contribution >= 0.6 is 0 Å². The monoisotopic (exact) mass is 380 g/mol. The molecular weight excluding hydrogens is 356 g/mol. The lowest BCUT2D eigenvalue weighted by Gasteiger charge is -2.27. The molecule has 28 heavy (non-hydrogen) atoms. The minimum Gasteiger partial charge on any atom is -0.493 e. The van der Waals surface area contributed by atoms with Crippen LogP contribution in [0.15, 0.2) is 48.5 Å². The van der Waals surface area contributed by atoms with Gasteiger partial charge < -0.3 is 19.7 Å². The zero-order valence-corrected chi connectivity index (χ0v) is 16.3. The van der Waals surface area contributed by atoms with Crippen molar-refractivity contribution < 1.29 is 19.1 Å². The zero-order chi connectivity index (χ0) is 20.1. The minimum absolute atomic E-state index is 0.114. The Morgan fingerprint density at radius 2 is 2.04 bits per heavy atom. The molecule has 1 aliphatic heterocycles. The van der Waals surface area contributed by atoms with E-state index in [0.717, 1.165) is 5.56 Å². The maximum Gasteiger partial charge on any atom is 0.265 e. The van der Waals surface area contributed by atoms with Crippen molar-refractivity contribution in [2.45, 2.75) is 26.3 Å². The number of fused-ring (bicyclic) bond motifs is 1. The van der Waals surface area contributed by atoms with Crippen molar-refractivity contribution in [2.24, 2.45) is 0 Å². The van der Waals surface area contributed by atoms with Crippen LogP contribution in [0.3, 0.4) is 0 Å². The maximum atomic E-state index is 13.0. The summed E-state index contributed by atoms with van der Waals surface area (Å²) in [6.45, 7) is 3.63. The van der Waals surface area contributed by atoms with E-state index >= 15 is 0 Å². The van der Waals surface area contributed by atoms with Gasteiger partial charge in [-0.2, -0.15) is 0 Å². The van der Waals surface area contributed by atoms with E-state index in [-0.39, 0.29) is 30.9 Å². The average Bonchev–Trinajstić information content (AvgIpc) is 2.81. The lowest BCUT2D eigenvalue weighted by molar-refractivity contribution is -0.121. The third-order valence-corrected chi connectivity index (χ3v) is 4.53. The summed E-state index contributed by atoms with van der Waals surface area (Å²) < 4.78 is 11.1. The number of ether oxygens (including phenoxy) is 2. The molecule has 0 aliphatic carbocycles. The first-order valence-electron chi connectivity index (χ1n) is 9.18. The smallest absolute Gasteiger partial charge is 0.265 e. The quantitative estimate of drug-likeness (QED) is 0.855. The Hall–Kier alpha value is -3.28. The number of anilines is 2. The van der Waals surface area contributed by atoms with Gasteiger partial charge in [-0.3, -0.25) is 9.59 Å². The largest absolute Gasteiger partial charge is 0.493 e. The van der Waals surface area contributed by atoms with Crippen molar-refractivity contribution in [3.63, 3.8) is 0 Å². The number of carbonyl (C=O) groups excluding carboxylic acids is 2. The summed E-state index contributed by atoms with van der Waals surface area (Å²) in [7, 11) is 1.56. The number of rotatable bonds is 5. The molecule has 0 saturated carbocycles. The first-order chi connectivity index (χ1) is 13.5. The Labute approximate surface area is 164 Å². The third-order valence-electron chi connectivity index (χ3n) is 4.53. The Morgan fingerprint density at radius 1 is 1.25 bits per heavy atom. The van der Waals surface area contributed by atoms with Crippen LogP contribution in [0.4, 0.5) is 11.4 Å². The predicted octanol–water partition coefficient (Wildman–Crippen LogP) is 3.87. The molecule has 1 aliphatic rings. The van der Waals surface area contributed by atoms with E-state index in [0.29, 0.717) is 22.9 Å². The van der Waals surface area contributed by atoms with Crippen molar-refractivity contribution in [1.29, 1.82) is 0 Å². The number of hydrogen-bond acceptors (Lipinski definition) is 4. The molecule has 2 amide bonds. The highest BCUT2D eigenvalue weighted by atomic mass is 16.5. The van der Waals surface area contributed by atoms with Gasteiger partial charge >= 0.3 is 0 Å². The van der Waals surface area contributed by atoms with Crippen LogP contribution < -0.4 is 19.7 Å². The molecule has 0 saturated heterocycles. The van der Waals surface area contributed by atoms with Crippen molar-refractivity contribution in [1.82, 2.24) is 0 Å². The summed E-state index contributed by atoms with van der Waals surface area (Å²) in [4.78, 5) is 26.7. The molecule has 1 unspecified atom stereocenters. The highest BCUT2D eigenvalue weighted by molar-refractivity contribution is 6.04. The number of hydrogen-bond donors (Lipinski definition) is 1. The van der Waals surface area contributed by atoms with Crippen LogP contribution in [-0.2, 0) is 9.59 Å². The van der Waals surface area contributed by atoms with E-state index < -0.39 is 0 Å². The molecule has 1 N–H and O–H groups in total. The van der Waals surface area contributed by atoms with Gasteiger partial charge in [0.25, 0.3) is 5.91 Å².